The monoisotopic (exact) mass is 367 g/mol. The third-order valence-corrected chi connectivity index (χ3v) is 5.09. The van der Waals surface area contributed by atoms with E-state index in [4.69, 9.17) is 0 Å². The first-order valence-corrected chi connectivity index (χ1v) is 9.35. The van der Waals surface area contributed by atoms with Gasteiger partial charge in [0.1, 0.15) is 5.69 Å². The Kier molecular flexibility index (Phi) is 6.46. The number of carbonyl (C=O) groups is 2. The summed E-state index contributed by atoms with van der Waals surface area (Å²) in [5.74, 6) is 0.568. The van der Waals surface area contributed by atoms with Crippen molar-refractivity contribution in [3.05, 3.63) is 54.4 Å². The molecule has 0 spiro atoms. The lowest BCUT2D eigenvalue weighted by atomic mass is 9.77. The quantitative estimate of drug-likeness (QED) is 0.816. The predicted octanol–water partition coefficient (Wildman–Crippen LogP) is 2.29. The van der Waals surface area contributed by atoms with Crippen LogP contribution in [0, 0.1) is 11.8 Å². The van der Waals surface area contributed by atoms with E-state index in [-0.39, 0.29) is 17.9 Å². The van der Waals surface area contributed by atoms with E-state index in [0.29, 0.717) is 17.5 Å². The molecule has 0 aliphatic heterocycles. The van der Waals surface area contributed by atoms with Crippen LogP contribution in [0.3, 0.4) is 0 Å². The highest BCUT2D eigenvalue weighted by atomic mass is 16.2. The highest BCUT2D eigenvalue weighted by Gasteiger charge is 2.31. The first-order valence-electron chi connectivity index (χ1n) is 9.35. The second-order valence-corrected chi connectivity index (χ2v) is 7.01. The van der Waals surface area contributed by atoms with Crippen LogP contribution in [-0.4, -0.2) is 33.3 Å². The molecule has 0 aromatic carbocycles. The van der Waals surface area contributed by atoms with Gasteiger partial charge >= 0.3 is 0 Å². The molecule has 2 heterocycles. The number of nitrogens with zero attached hydrogens (tertiary/aromatic N) is 3. The molecule has 2 aromatic rings. The van der Waals surface area contributed by atoms with E-state index in [1.807, 2.05) is 18.2 Å². The van der Waals surface area contributed by atoms with E-state index in [2.05, 4.69) is 25.6 Å². The Bertz CT molecular complexity index is 745. The molecule has 1 saturated carbocycles. The topological polar surface area (TPSA) is 96.9 Å². The highest BCUT2D eigenvalue weighted by molar-refractivity contribution is 5.92. The zero-order chi connectivity index (χ0) is 19.1. The second kappa shape index (κ2) is 9.21. The van der Waals surface area contributed by atoms with Crippen LogP contribution in [-0.2, 0) is 4.79 Å². The van der Waals surface area contributed by atoms with E-state index in [1.165, 1.54) is 12.4 Å². The summed E-state index contributed by atoms with van der Waals surface area (Å²) < 4.78 is 0. The van der Waals surface area contributed by atoms with Gasteiger partial charge in [-0.1, -0.05) is 6.07 Å². The molecule has 0 saturated heterocycles. The summed E-state index contributed by atoms with van der Waals surface area (Å²) >= 11 is 0. The van der Waals surface area contributed by atoms with Gasteiger partial charge in [-0.25, -0.2) is 4.98 Å². The molecule has 1 aliphatic rings. The molecule has 1 unspecified atom stereocenters. The summed E-state index contributed by atoms with van der Waals surface area (Å²) in [5.41, 5.74) is 1.16. The van der Waals surface area contributed by atoms with Gasteiger partial charge in [0.2, 0.25) is 5.91 Å². The number of pyridine rings is 1. The van der Waals surface area contributed by atoms with Crippen molar-refractivity contribution in [2.45, 2.75) is 38.6 Å². The van der Waals surface area contributed by atoms with E-state index < -0.39 is 0 Å². The fourth-order valence-corrected chi connectivity index (χ4v) is 3.64. The van der Waals surface area contributed by atoms with Crippen molar-refractivity contribution < 1.29 is 9.59 Å². The fourth-order valence-electron chi connectivity index (χ4n) is 3.64. The summed E-state index contributed by atoms with van der Waals surface area (Å²) in [6.45, 7) is 2.27. The number of hydrogen-bond acceptors (Lipinski definition) is 5. The largest absolute Gasteiger partial charge is 0.356 e. The molecule has 7 heteroatoms. The van der Waals surface area contributed by atoms with Gasteiger partial charge in [-0.15, -0.1) is 0 Å². The molecule has 142 valence electrons. The van der Waals surface area contributed by atoms with Crippen LogP contribution in [0.2, 0.25) is 0 Å². The smallest absolute Gasteiger partial charge is 0.272 e. The Morgan fingerprint density at radius 1 is 1.11 bits per heavy atom. The van der Waals surface area contributed by atoms with Crippen LogP contribution in [0.5, 0.6) is 0 Å². The van der Waals surface area contributed by atoms with Gasteiger partial charge in [0.05, 0.1) is 17.9 Å². The van der Waals surface area contributed by atoms with Crippen LogP contribution in [0.1, 0.15) is 54.8 Å². The van der Waals surface area contributed by atoms with E-state index >= 15 is 0 Å². The van der Waals surface area contributed by atoms with Gasteiger partial charge in [-0.2, -0.15) is 0 Å². The Hall–Kier alpha value is -2.83. The number of nitrogens with one attached hydrogen (secondary N) is 2. The molecule has 1 aliphatic carbocycles. The van der Waals surface area contributed by atoms with E-state index in [9.17, 15) is 9.59 Å². The molecular weight excluding hydrogens is 342 g/mol. The molecule has 2 amide bonds. The Balaban J connectivity index is 1.68. The maximum absolute atomic E-state index is 12.6. The maximum Gasteiger partial charge on any atom is 0.272 e. The third kappa shape index (κ3) is 5.32. The van der Waals surface area contributed by atoms with Gasteiger partial charge in [-0.3, -0.25) is 19.6 Å². The summed E-state index contributed by atoms with van der Waals surface area (Å²) in [6, 6.07) is 5.59. The zero-order valence-electron chi connectivity index (χ0n) is 15.5. The normalized spacial score (nSPS) is 20.5. The minimum Gasteiger partial charge on any atom is -0.356 e. The van der Waals surface area contributed by atoms with Crippen LogP contribution >= 0.6 is 0 Å². The lowest BCUT2D eigenvalue weighted by Crippen LogP contribution is -2.37. The van der Waals surface area contributed by atoms with E-state index in [0.717, 1.165) is 37.9 Å². The molecule has 7 nitrogen and oxygen atoms in total. The average Bonchev–Trinajstić information content (AvgIpc) is 2.72. The second-order valence-electron chi connectivity index (χ2n) is 7.01. The summed E-state index contributed by atoms with van der Waals surface area (Å²) in [5, 5.41) is 6.02. The van der Waals surface area contributed by atoms with Gasteiger partial charge in [0.25, 0.3) is 5.91 Å². The standard InChI is InChI=1S/C20H25N5O2/c1-14(26)24-12-15-5-7-16(8-6-15)19(17-4-2-3-9-22-17)25-20(27)18-13-21-10-11-23-18/h2-4,9-11,13,15-16,19H,5-8,12H2,1H3,(H,24,26)(H,25,27). The molecule has 3 rings (SSSR count). The van der Waals surface area contributed by atoms with Crippen molar-refractivity contribution >= 4 is 11.8 Å². The minimum absolute atomic E-state index is 0.0136. The molecule has 0 radical (unpaired) electrons. The Morgan fingerprint density at radius 2 is 1.93 bits per heavy atom. The Labute approximate surface area is 159 Å². The van der Waals surface area contributed by atoms with Crippen LogP contribution < -0.4 is 10.6 Å². The summed E-state index contributed by atoms with van der Waals surface area (Å²) in [4.78, 5) is 36.3. The van der Waals surface area contributed by atoms with Crippen LogP contribution in [0.25, 0.3) is 0 Å². The fraction of sp³-hybridized carbons (Fsp3) is 0.450. The molecule has 1 fully saturated rings. The Morgan fingerprint density at radius 3 is 2.56 bits per heavy atom. The zero-order valence-corrected chi connectivity index (χ0v) is 15.5. The number of rotatable bonds is 6. The van der Waals surface area contributed by atoms with Crippen molar-refractivity contribution in [1.29, 1.82) is 0 Å². The van der Waals surface area contributed by atoms with Crippen molar-refractivity contribution in [3.8, 4) is 0 Å². The third-order valence-electron chi connectivity index (χ3n) is 5.09. The van der Waals surface area contributed by atoms with Gasteiger partial charge in [0.15, 0.2) is 0 Å². The highest BCUT2D eigenvalue weighted by Crippen LogP contribution is 2.36. The minimum atomic E-state index is -0.237. The lowest BCUT2D eigenvalue weighted by Gasteiger charge is -2.34. The average molecular weight is 367 g/mol. The molecular formula is C20H25N5O2. The number of amides is 2. The molecule has 1 atom stereocenters. The van der Waals surface area contributed by atoms with Crippen molar-refractivity contribution in [2.24, 2.45) is 11.8 Å². The molecule has 2 aromatic heterocycles. The first kappa shape index (κ1) is 18.9. The van der Waals surface area contributed by atoms with Crippen molar-refractivity contribution in [2.75, 3.05) is 6.54 Å². The van der Waals surface area contributed by atoms with Crippen LogP contribution in [0.4, 0.5) is 0 Å². The molecule has 0 bridgehead atoms. The van der Waals surface area contributed by atoms with Gasteiger partial charge < -0.3 is 10.6 Å². The summed E-state index contributed by atoms with van der Waals surface area (Å²) in [7, 11) is 0. The van der Waals surface area contributed by atoms with E-state index in [1.54, 1.807) is 19.3 Å². The van der Waals surface area contributed by atoms with Crippen molar-refractivity contribution in [1.82, 2.24) is 25.6 Å². The lowest BCUT2D eigenvalue weighted by molar-refractivity contribution is -0.119. The van der Waals surface area contributed by atoms with Gasteiger partial charge in [-0.05, 0) is 49.7 Å². The van der Waals surface area contributed by atoms with Crippen LogP contribution in [0.15, 0.2) is 43.0 Å². The summed E-state index contributed by atoms with van der Waals surface area (Å²) in [6.07, 6.45) is 10.3. The predicted molar refractivity (Wildman–Crippen MR) is 101 cm³/mol. The maximum atomic E-state index is 12.6. The molecule has 2 N–H and O–H groups in total. The van der Waals surface area contributed by atoms with Gasteiger partial charge in [0, 0.05) is 32.1 Å². The number of aromatic nitrogens is 3. The first-order chi connectivity index (χ1) is 13.1. The number of carbonyl (C=O) groups excluding carboxylic acids is 2. The van der Waals surface area contributed by atoms with Crippen molar-refractivity contribution in [3.63, 3.8) is 0 Å². The number of hydrogen-bond donors (Lipinski definition) is 2. The molecule has 27 heavy (non-hydrogen) atoms. The SMILES string of the molecule is CC(=O)NCC1CCC(C(NC(=O)c2cnccn2)c2ccccn2)CC1.